The predicted molar refractivity (Wildman–Crippen MR) is 65.1 cm³/mol. The number of hydrogen-bond donors (Lipinski definition) is 1. The molecule has 3 nitrogen and oxygen atoms in total. The third-order valence-electron chi connectivity index (χ3n) is 2.51. The second-order valence-electron chi connectivity index (χ2n) is 4.13. The summed E-state index contributed by atoms with van der Waals surface area (Å²) < 4.78 is 2.20. The van der Waals surface area contributed by atoms with E-state index in [1.807, 2.05) is 31.3 Å². The second kappa shape index (κ2) is 4.94. The molecule has 0 spiro atoms. The Labute approximate surface area is 95.9 Å². The highest BCUT2D eigenvalue weighted by molar-refractivity contribution is 5.12. The minimum absolute atomic E-state index is 0.192. The Hall–Kier alpha value is -1.61. The van der Waals surface area contributed by atoms with Gasteiger partial charge < -0.3 is 10.3 Å². The minimum atomic E-state index is 0.192. The maximum Gasteiger partial charge on any atom is 0.0645 e. The van der Waals surface area contributed by atoms with Gasteiger partial charge in [-0.2, -0.15) is 0 Å². The van der Waals surface area contributed by atoms with Gasteiger partial charge in [0.15, 0.2) is 0 Å². The van der Waals surface area contributed by atoms with Crippen LogP contribution >= 0.6 is 0 Å². The minimum Gasteiger partial charge on any atom is -0.345 e. The van der Waals surface area contributed by atoms with Crippen molar-refractivity contribution in [2.24, 2.45) is 5.73 Å². The summed E-state index contributed by atoms with van der Waals surface area (Å²) in [4.78, 5) is 4.32. The summed E-state index contributed by atoms with van der Waals surface area (Å²) in [5.74, 6) is 0. The highest BCUT2D eigenvalue weighted by atomic mass is 15.0. The van der Waals surface area contributed by atoms with Crippen LogP contribution in [0.4, 0.5) is 0 Å². The molecule has 0 aliphatic heterocycles. The van der Waals surface area contributed by atoms with Crippen molar-refractivity contribution >= 4 is 0 Å². The van der Waals surface area contributed by atoms with Gasteiger partial charge >= 0.3 is 0 Å². The molecule has 0 saturated heterocycles. The molecule has 0 aliphatic rings. The van der Waals surface area contributed by atoms with E-state index in [0.29, 0.717) is 0 Å². The van der Waals surface area contributed by atoms with Crippen molar-refractivity contribution in [3.05, 3.63) is 54.1 Å². The van der Waals surface area contributed by atoms with E-state index in [2.05, 4.69) is 27.9 Å². The lowest BCUT2D eigenvalue weighted by Gasteiger charge is -2.10. The van der Waals surface area contributed by atoms with Crippen molar-refractivity contribution in [1.82, 2.24) is 9.55 Å². The van der Waals surface area contributed by atoms with Gasteiger partial charge in [-0.3, -0.25) is 4.98 Å². The summed E-state index contributed by atoms with van der Waals surface area (Å²) in [5, 5.41) is 0. The van der Waals surface area contributed by atoms with Crippen LogP contribution in [0.5, 0.6) is 0 Å². The summed E-state index contributed by atoms with van der Waals surface area (Å²) in [6, 6.07) is 10.3. The lowest BCUT2D eigenvalue weighted by Crippen LogP contribution is -2.20. The Morgan fingerprint density at radius 3 is 2.88 bits per heavy atom. The van der Waals surface area contributed by atoms with E-state index in [9.17, 15) is 0 Å². The molecular formula is C13H17N3. The number of rotatable bonds is 4. The first-order valence-corrected chi connectivity index (χ1v) is 5.55. The van der Waals surface area contributed by atoms with E-state index in [4.69, 9.17) is 5.73 Å². The first-order valence-electron chi connectivity index (χ1n) is 5.55. The van der Waals surface area contributed by atoms with Crippen LogP contribution in [0.15, 0.2) is 42.7 Å². The average molecular weight is 215 g/mol. The van der Waals surface area contributed by atoms with Gasteiger partial charge in [-0.15, -0.1) is 0 Å². The monoisotopic (exact) mass is 215 g/mol. The zero-order valence-corrected chi connectivity index (χ0v) is 9.50. The predicted octanol–water partition coefficient (Wildman–Crippen LogP) is 1.82. The Kier molecular flexibility index (Phi) is 3.37. The molecule has 0 aromatic carbocycles. The molecule has 2 heterocycles. The molecule has 84 valence electrons. The highest BCUT2D eigenvalue weighted by Gasteiger charge is 2.04. The number of pyridine rings is 1. The van der Waals surface area contributed by atoms with Crippen LogP contribution < -0.4 is 5.73 Å². The van der Waals surface area contributed by atoms with E-state index >= 15 is 0 Å². The van der Waals surface area contributed by atoms with E-state index < -0.39 is 0 Å². The van der Waals surface area contributed by atoms with E-state index in [1.54, 1.807) is 0 Å². The molecule has 0 amide bonds. The standard InChI is InChI=1S/C13H17N3/c1-11(14)9-13-6-4-8-16(13)10-12-5-2-3-7-15-12/h2-8,11H,9-10,14H2,1H3. The molecule has 0 aliphatic carbocycles. The topological polar surface area (TPSA) is 43.8 Å². The molecule has 0 fully saturated rings. The fraction of sp³-hybridized carbons (Fsp3) is 0.308. The lowest BCUT2D eigenvalue weighted by atomic mass is 10.2. The van der Waals surface area contributed by atoms with Gasteiger partial charge in [0.25, 0.3) is 0 Å². The zero-order valence-electron chi connectivity index (χ0n) is 9.50. The average Bonchev–Trinajstić information content (AvgIpc) is 2.66. The smallest absolute Gasteiger partial charge is 0.0645 e. The lowest BCUT2D eigenvalue weighted by molar-refractivity contribution is 0.660. The number of aromatic nitrogens is 2. The number of hydrogen-bond acceptors (Lipinski definition) is 2. The molecule has 0 saturated carbocycles. The van der Waals surface area contributed by atoms with Crippen LogP contribution in [-0.2, 0) is 13.0 Å². The molecule has 2 rings (SSSR count). The maximum absolute atomic E-state index is 5.82. The zero-order chi connectivity index (χ0) is 11.4. The van der Waals surface area contributed by atoms with Crippen molar-refractivity contribution < 1.29 is 0 Å². The molecule has 1 unspecified atom stereocenters. The SMILES string of the molecule is CC(N)Cc1cccn1Cc1ccccn1. The van der Waals surface area contributed by atoms with Crippen LogP contribution in [0.2, 0.25) is 0 Å². The Morgan fingerprint density at radius 1 is 1.31 bits per heavy atom. The molecular weight excluding hydrogens is 198 g/mol. The van der Waals surface area contributed by atoms with Crippen molar-refractivity contribution in [2.75, 3.05) is 0 Å². The fourth-order valence-electron chi connectivity index (χ4n) is 1.79. The van der Waals surface area contributed by atoms with Crippen molar-refractivity contribution in [1.29, 1.82) is 0 Å². The summed E-state index contributed by atoms with van der Waals surface area (Å²) >= 11 is 0. The van der Waals surface area contributed by atoms with Crippen LogP contribution in [0.1, 0.15) is 18.3 Å². The van der Waals surface area contributed by atoms with Gasteiger partial charge in [-0.25, -0.2) is 0 Å². The summed E-state index contributed by atoms with van der Waals surface area (Å²) in [6.45, 7) is 2.84. The summed E-state index contributed by atoms with van der Waals surface area (Å²) in [7, 11) is 0. The molecule has 1 atom stereocenters. The van der Waals surface area contributed by atoms with Gasteiger partial charge in [0, 0.05) is 30.6 Å². The summed E-state index contributed by atoms with van der Waals surface area (Å²) in [5.41, 5.74) is 8.16. The van der Waals surface area contributed by atoms with Gasteiger partial charge in [-0.05, 0) is 31.2 Å². The van der Waals surface area contributed by atoms with E-state index in [-0.39, 0.29) is 6.04 Å². The molecule has 3 heteroatoms. The third-order valence-corrected chi connectivity index (χ3v) is 2.51. The number of nitrogens with two attached hydrogens (primary N) is 1. The number of nitrogens with zero attached hydrogens (tertiary/aromatic N) is 2. The van der Waals surface area contributed by atoms with Crippen LogP contribution in [0, 0.1) is 0 Å². The van der Waals surface area contributed by atoms with E-state index in [1.165, 1.54) is 5.69 Å². The molecule has 0 bridgehead atoms. The maximum atomic E-state index is 5.82. The molecule has 16 heavy (non-hydrogen) atoms. The fourth-order valence-corrected chi connectivity index (χ4v) is 1.79. The first-order chi connectivity index (χ1) is 7.75. The van der Waals surface area contributed by atoms with Crippen LogP contribution in [0.3, 0.4) is 0 Å². The normalized spacial score (nSPS) is 12.6. The largest absolute Gasteiger partial charge is 0.345 e. The van der Waals surface area contributed by atoms with Gasteiger partial charge in [0.05, 0.1) is 12.2 Å². The van der Waals surface area contributed by atoms with Gasteiger partial charge in [0.2, 0.25) is 0 Å². The molecule has 2 aromatic heterocycles. The second-order valence-corrected chi connectivity index (χ2v) is 4.13. The Morgan fingerprint density at radius 2 is 2.19 bits per heavy atom. The van der Waals surface area contributed by atoms with Crippen molar-refractivity contribution in [3.8, 4) is 0 Å². The van der Waals surface area contributed by atoms with Crippen LogP contribution in [-0.4, -0.2) is 15.6 Å². The van der Waals surface area contributed by atoms with Gasteiger partial charge in [0.1, 0.15) is 0 Å². The molecule has 2 N–H and O–H groups in total. The van der Waals surface area contributed by atoms with Crippen molar-refractivity contribution in [3.63, 3.8) is 0 Å². The van der Waals surface area contributed by atoms with Crippen LogP contribution in [0.25, 0.3) is 0 Å². The Bertz CT molecular complexity index is 431. The quantitative estimate of drug-likeness (QED) is 0.845. The summed E-state index contributed by atoms with van der Waals surface area (Å²) in [6.07, 6.45) is 4.80. The third kappa shape index (κ3) is 2.70. The van der Waals surface area contributed by atoms with Crippen molar-refractivity contribution in [2.45, 2.75) is 25.9 Å². The van der Waals surface area contributed by atoms with Gasteiger partial charge in [-0.1, -0.05) is 6.07 Å². The first kappa shape index (κ1) is 10.9. The Balaban J connectivity index is 2.13. The highest BCUT2D eigenvalue weighted by Crippen LogP contribution is 2.07. The molecule has 2 aromatic rings. The molecule has 0 radical (unpaired) electrons. The van der Waals surface area contributed by atoms with E-state index in [0.717, 1.165) is 18.7 Å².